The first kappa shape index (κ1) is 7.64. The third-order valence-corrected chi connectivity index (χ3v) is 4.04. The van der Waals surface area contributed by atoms with E-state index in [0.717, 1.165) is 9.78 Å². The normalized spacial score (nSPS) is 12.9. The fourth-order valence-corrected chi connectivity index (χ4v) is 2.40. The first-order chi connectivity index (χ1) is 4.84. The van der Waals surface area contributed by atoms with E-state index in [1.165, 1.54) is 0 Å². The van der Waals surface area contributed by atoms with E-state index in [2.05, 4.69) is 0 Å². The van der Waals surface area contributed by atoms with Crippen LogP contribution < -0.4 is 4.46 Å². The molecule has 1 unspecified atom stereocenters. The maximum absolute atomic E-state index is 11.2. The zero-order valence-electron chi connectivity index (χ0n) is 5.91. The standard InChI is InChI=1S/C8H10OSe/c1-2-10(9)8-6-4-3-5-7-8/h3-7H,2H2,1H3. The molecule has 0 aromatic heterocycles. The quantitative estimate of drug-likeness (QED) is 0.660. The van der Waals surface area contributed by atoms with Gasteiger partial charge in [-0.15, -0.1) is 0 Å². The Hall–Kier alpha value is -0.461. The Morgan fingerprint density at radius 2 is 1.90 bits per heavy atom. The van der Waals surface area contributed by atoms with Crippen molar-refractivity contribution in [1.29, 1.82) is 0 Å². The molecule has 0 aliphatic heterocycles. The van der Waals surface area contributed by atoms with Gasteiger partial charge in [-0.25, -0.2) is 0 Å². The molecule has 10 heavy (non-hydrogen) atoms. The summed E-state index contributed by atoms with van der Waals surface area (Å²) in [6.07, 6.45) is 0. The molecule has 54 valence electrons. The fourth-order valence-electron chi connectivity index (χ4n) is 0.739. The Morgan fingerprint density at radius 1 is 1.30 bits per heavy atom. The Balaban J connectivity index is 2.85. The molecule has 0 saturated carbocycles. The van der Waals surface area contributed by atoms with Gasteiger partial charge in [-0.3, -0.25) is 0 Å². The third-order valence-electron chi connectivity index (χ3n) is 1.27. The van der Waals surface area contributed by atoms with Crippen LogP contribution in [0, 0.1) is 0 Å². The van der Waals surface area contributed by atoms with E-state index in [1.54, 1.807) is 0 Å². The second-order valence-electron chi connectivity index (χ2n) is 1.95. The molecular formula is C8H10OSe. The molecule has 1 nitrogen and oxygen atoms in total. The second kappa shape index (κ2) is 3.65. The van der Waals surface area contributed by atoms with Crippen LogP contribution >= 0.6 is 0 Å². The molecule has 1 aromatic carbocycles. The summed E-state index contributed by atoms with van der Waals surface area (Å²) in [6, 6.07) is 9.67. The van der Waals surface area contributed by atoms with Gasteiger partial charge in [0, 0.05) is 0 Å². The van der Waals surface area contributed by atoms with Gasteiger partial charge in [0.05, 0.1) is 0 Å². The van der Waals surface area contributed by atoms with E-state index in [1.807, 2.05) is 37.3 Å². The Labute approximate surface area is 65.2 Å². The third kappa shape index (κ3) is 1.76. The summed E-state index contributed by atoms with van der Waals surface area (Å²) in [7, 11) is 0. The Morgan fingerprint density at radius 3 is 2.40 bits per heavy atom. The van der Waals surface area contributed by atoms with Crippen molar-refractivity contribution < 1.29 is 3.83 Å². The van der Waals surface area contributed by atoms with Gasteiger partial charge in [-0.1, -0.05) is 0 Å². The van der Waals surface area contributed by atoms with Crippen molar-refractivity contribution in [3.05, 3.63) is 30.3 Å². The van der Waals surface area contributed by atoms with Crippen LogP contribution in [-0.2, 0) is 3.83 Å². The summed E-state index contributed by atoms with van der Waals surface area (Å²) >= 11 is -1.66. The van der Waals surface area contributed by atoms with Gasteiger partial charge in [-0.05, 0) is 0 Å². The van der Waals surface area contributed by atoms with Crippen molar-refractivity contribution in [2.24, 2.45) is 0 Å². The van der Waals surface area contributed by atoms with Gasteiger partial charge in [0.2, 0.25) is 0 Å². The van der Waals surface area contributed by atoms with Crippen LogP contribution in [0.2, 0.25) is 5.32 Å². The summed E-state index contributed by atoms with van der Waals surface area (Å²) < 4.78 is 12.2. The molecule has 0 amide bonds. The van der Waals surface area contributed by atoms with E-state index in [0.29, 0.717) is 0 Å². The maximum atomic E-state index is 11.2. The minimum atomic E-state index is -1.66. The van der Waals surface area contributed by atoms with Crippen molar-refractivity contribution in [3.8, 4) is 0 Å². The average molecular weight is 201 g/mol. The van der Waals surface area contributed by atoms with Crippen molar-refractivity contribution in [1.82, 2.24) is 0 Å². The van der Waals surface area contributed by atoms with Gasteiger partial charge in [0.25, 0.3) is 0 Å². The molecule has 0 saturated heterocycles. The zero-order chi connectivity index (χ0) is 7.40. The van der Waals surface area contributed by atoms with Crippen LogP contribution in [0.4, 0.5) is 0 Å². The monoisotopic (exact) mass is 202 g/mol. The Bertz CT molecular complexity index is 218. The first-order valence-electron chi connectivity index (χ1n) is 3.28. The van der Waals surface area contributed by atoms with Crippen LogP contribution in [0.3, 0.4) is 0 Å². The van der Waals surface area contributed by atoms with E-state index in [9.17, 15) is 3.83 Å². The number of rotatable bonds is 2. The molecule has 0 spiro atoms. The van der Waals surface area contributed by atoms with E-state index >= 15 is 0 Å². The molecule has 0 N–H and O–H groups in total. The number of hydrogen-bond donors (Lipinski definition) is 0. The predicted octanol–water partition coefficient (Wildman–Crippen LogP) is 1.34. The molecule has 1 rings (SSSR count). The van der Waals surface area contributed by atoms with Crippen LogP contribution in [0.15, 0.2) is 30.3 Å². The van der Waals surface area contributed by atoms with Crippen LogP contribution in [0.5, 0.6) is 0 Å². The molecule has 0 bridgehead atoms. The van der Waals surface area contributed by atoms with E-state index in [4.69, 9.17) is 0 Å². The fraction of sp³-hybridized carbons (Fsp3) is 0.250. The average Bonchev–Trinajstić information content (AvgIpc) is 2.05. The van der Waals surface area contributed by atoms with Gasteiger partial charge < -0.3 is 0 Å². The summed E-state index contributed by atoms with van der Waals surface area (Å²) in [5.41, 5.74) is 0. The van der Waals surface area contributed by atoms with Crippen LogP contribution in [0.25, 0.3) is 0 Å². The molecule has 0 heterocycles. The Kier molecular flexibility index (Phi) is 2.79. The van der Waals surface area contributed by atoms with E-state index in [-0.39, 0.29) is 0 Å². The molecule has 0 fully saturated rings. The van der Waals surface area contributed by atoms with Crippen molar-refractivity contribution >= 4 is 18.3 Å². The molecule has 2 heteroatoms. The molecule has 0 radical (unpaired) electrons. The van der Waals surface area contributed by atoms with Crippen LogP contribution in [0.1, 0.15) is 6.92 Å². The van der Waals surface area contributed by atoms with Gasteiger partial charge in [0.15, 0.2) is 0 Å². The second-order valence-corrected chi connectivity index (χ2v) is 5.60. The molecule has 0 aliphatic carbocycles. The predicted molar refractivity (Wildman–Crippen MR) is 43.0 cm³/mol. The summed E-state index contributed by atoms with van der Waals surface area (Å²) in [5.74, 6) is 0. The summed E-state index contributed by atoms with van der Waals surface area (Å²) in [4.78, 5) is 0. The number of hydrogen-bond acceptors (Lipinski definition) is 1. The van der Waals surface area contributed by atoms with Gasteiger partial charge in [-0.2, -0.15) is 0 Å². The number of benzene rings is 1. The zero-order valence-corrected chi connectivity index (χ0v) is 7.62. The van der Waals surface area contributed by atoms with Crippen molar-refractivity contribution in [3.63, 3.8) is 0 Å². The topological polar surface area (TPSA) is 17.1 Å². The summed E-state index contributed by atoms with van der Waals surface area (Å²) in [6.45, 7) is 1.96. The molecule has 0 aliphatic rings. The van der Waals surface area contributed by atoms with Crippen molar-refractivity contribution in [2.75, 3.05) is 0 Å². The molecule has 1 atom stereocenters. The molecule has 1 aromatic rings. The molecular weight excluding hydrogens is 191 g/mol. The first-order valence-corrected chi connectivity index (χ1v) is 6.04. The minimum absolute atomic E-state index is 0.796. The van der Waals surface area contributed by atoms with Crippen molar-refractivity contribution in [2.45, 2.75) is 12.2 Å². The van der Waals surface area contributed by atoms with Crippen LogP contribution in [-0.4, -0.2) is 13.8 Å². The van der Waals surface area contributed by atoms with E-state index < -0.39 is 13.8 Å². The summed E-state index contributed by atoms with van der Waals surface area (Å²) in [5, 5.41) is 0.796. The van der Waals surface area contributed by atoms with Gasteiger partial charge >= 0.3 is 64.7 Å². The van der Waals surface area contributed by atoms with Gasteiger partial charge in [0.1, 0.15) is 0 Å². The SMILES string of the molecule is CC[Se](=O)c1ccccc1.